The van der Waals surface area contributed by atoms with Crippen molar-refractivity contribution in [1.82, 2.24) is 20.5 Å². The molecule has 5 heteroatoms. The molecule has 2 rings (SSSR count). The molecule has 1 saturated heterocycles. The number of pyridine rings is 1. The second-order valence-electron chi connectivity index (χ2n) is 7.17. The molecule has 24 heavy (non-hydrogen) atoms. The molecule has 1 aliphatic heterocycles. The Bertz CT molecular complexity index is 501. The molecule has 0 radical (unpaired) electrons. The zero-order valence-electron chi connectivity index (χ0n) is 15.7. The Morgan fingerprint density at radius 2 is 2.08 bits per heavy atom. The van der Waals surface area contributed by atoms with Crippen LogP contribution >= 0.6 is 0 Å². The Kier molecular flexibility index (Phi) is 7.50. The minimum absolute atomic E-state index is 0.528. The fraction of sp³-hybridized carbons (Fsp3) is 0.684. The third kappa shape index (κ3) is 6.48. The second kappa shape index (κ2) is 9.62. The summed E-state index contributed by atoms with van der Waals surface area (Å²) in [5.41, 5.74) is 2.32. The lowest BCUT2D eigenvalue weighted by molar-refractivity contribution is 0.187. The number of aryl methyl sites for hydroxylation is 1. The van der Waals surface area contributed by atoms with Gasteiger partial charge in [0.1, 0.15) is 0 Å². The maximum atomic E-state index is 4.36. The Labute approximate surface area is 147 Å². The predicted molar refractivity (Wildman–Crippen MR) is 101 cm³/mol. The van der Waals surface area contributed by atoms with E-state index in [2.05, 4.69) is 51.5 Å². The second-order valence-corrected chi connectivity index (χ2v) is 7.17. The van der Waals surface area contributed by atoms with Crippen molar-refractivity contribution in [3.05, 3.63) is 29.6 Å². The van der Waals surface area contributed by atoms with Crippen molar-refractivity contribution < 1.29 is 0 Å². The van der Waals surface area contributed by atoms with Crippen LogP contribution in [0.3, 0.4) is 0 Å². The quantitative estimate of drug-likeness (QED) is 0.620. The van der Waals surface area contributed by atoms with Crippen molar-refractivity contribution in [2.24, 2.45) is 10.9 Å². The Morgan fingerprint density at radius 1 is 1.33 bits per heavy atom. The lowest BCUT2D eigenvalue weighted by atomic mass is 10.0. The molecule has 2 heterocycles. The van der Waals surface area contributed by atoms with E-state index in [1.54, 1.807) is 0 Å². The molecule has 5 nitrogen and oxygen atoms in total. The number of aromatic nitrogens is 1. The summed E-state index contributed by atoms with van der Waals surface area (Å²) in [6, 6.07) is 4.73. The van der Waals surface area contributed by atoms with Gasteiger partial charge >= 0.3 is 0 Å². The Hall–Kier alpha value is -1.62. The van der Waals surface area contributed by atoms with Crippen molar-refractivity contribution >= 4 is 5.96 Å². The molecule has 0 aliphatic carbocycles. The fourth-order valence-corrected chi connectivity index (χ4v) is 3.14. The molecule has 1 aliphatic rings. The first-order chi connectivity index (χ1) is 11.6. The minimum atomic E-state index is 0.528. The van der Waals surface area contributed by atoms with Crippen LogP contribution in [-0.2, 0) is 6.42 Å². The van der Waals surface area contributed by atoms with E-state index in [1.165, 1.54) is 38.0 Å². The van der Waals surface area contributed by atoms with E-state index < -0.39 is 0 Å². The fourth-order valence-electron chi connectivity index (χ4n) is 3.14. The summed E-state index contributed by atoms with van der Waals surface area (Å²) < 4.78 is 0. The maximum Gasteiger partial charge on any atom is 0.191 e. The van der Waals surface area contributed by atoms with E-state index in [0.29, 0.717) is 6.04 Å². The van der Waals surface area contributed by atoms with Gasteiger partial charge in [-0.1, -0.05) is 19.9 Å². The number of likely N-dealkylation sites (tertiary alicyclic amines) is 1. The van der Waals surface area contributed by atoms with Gasteiger partial charge < -0.3 is 15.5 Å². The van der Waals surface area contributed by atoms with Crippen molar-refractivity contribution in [3.8, 4) is 0 Å². The van der Waals surface area contributed by atoms with Gasteiger partial charge in [-0.25, -0.2) is 0 Å². The first-order valence-corrected chi connectivity index (χ1v) is 9.18. The van der Waals surface area contributed by atoms with Crippen molar-refractivity contribution in [3.63, 3.8) is 0 Å². The lowest BCUT2D eigenvalue weighted by Gasteiger charge is -2.34. The molecular weight excluding hydrogens is 298 g/mol. The van der Waals surface area contributed by atoms with E-state index in [9.17, 15) is 0 Å². The van der Waals surface area contributed by atoms with Crippen LogP contribution in [0.4, 0.5) is 0 Å². The van der Waals surface area contributed by atoms with Crippen LogP contribution in [0, 0.1) is 12.8 Å². The molecular formula is C19H33N5. The van der Waals surface area contributed by atoms with E-state index >= 15 is 0 Å². The van der Waals surface area contributed by atoms with Crippen molar-refractivity contribution in [2.45, 2.75) is 46.1 Å². The number of aliphatic imine (C=N–C) groups is 1. The van der Waals surface area contributed by atoms with E-state index in [1.807, 2.05) is 20.2 Å². The van der Waals surface area contributed by atoms with Gasteiger partial charge in [-0.2, -0.15) is 0 Å². The number of guanidine groups is 1. The third-order valence-corrected chi connectivity index (χ3v) is 4.45. The van der Waals surface area contributed by atoms with E-state index in [-0.39, 0.29) is 0 Å². The van der Waals surface area contributed by atoms with Gasteiger partial charge in [0.25, 0.3) is 0 Å². The number of hydrogen-bond donors (Lipinski definition) is 2. The number of rotatable bonds is 6. The van der Waals surface area contributed by atoms with Crippen molar-refractivity contribution in [1.29, 1.82) is 0 Å². The topological polar surface area (TPSA) is 52.6 Å². The van der Waals surface area contributed by atoms with Gasteiger partial charge in [0.2, 0.25) is 0 Å². The van der Waals surface area contributed by atoms with Crippen LogP contribution in [-0.4, -0.2) is 55.1 Å². The first kappa shape index (κ1) is 18.7. The molecule has 134 valence electrons. The van der Waals surface area contributed by atoms with Crippen LogP contribution in [0.1, 0.15) is 37.9 Å². The number of piperidine rings is 1. The van der Waals surface area contributed by atoms with Gasteiger partial charge in [0.05, 0.1) is 0 Å². The molecule has 0 unspecified atom stereocenters. The molecule has 1 aromatic rings. The normalized spacial score (nSPS) is 17.3. The van der Waals surface area contributed by atoms with Gasteiger partial charge in [-0.15, -0.1) is 0 Å². The highest BCUT2D eigenvalue weighted by molar-refractivity contribution is 5.79. The summed E-state index contributed by atoms with van der Waals surface area (Å²) in [6.07, 6.45) is 5.29. The first-order valence-electron chi connectivity index (χ1n) is 9.18. The third-order valence-electron chi connectivity index (χ3n) is 4.45. The van der Waals surface area contributed by atoms with Crippen LogP contribution in [0.2, 0.25) is 0 Å². The van der Waals surface area contributed by atoms with E-state index in [0.717, 1.165) is 30.5 Å². The average Bonchev–Trinajstić information content (AvgIpc) is 2.57. The molecule has 0 spiro atoms. The largest absolute Gasteiger partial charge is 0.356 e. The Morgan fingerprint density at radius 3 is 2.67 bits per heavy atom. The molecule has 1 aromatic heterocycles. The van der Waals surface area contributed by atoms with Crippen LogP contribution in [0.5, 0.6) is 0 Å². The SMILES string of the molecule is CN=C(NCCc1ccc(C)nc1)NC1CCN(CC(C)C)CC1. The maximum absolute atomic E-state index is 4.36. The molecule has 0 amide bonds. The summed E-state index contributed by atoms with van der Waals surface area (Å²) in [5.74, 6) is 1.66. The summed E-state index contributed by atoms with van der Waals surface area (Å²) >= 11 is 0. The summed E-state index contributed by atoms with van der Waals surface area (Å²) in [6.45, 7) is 11.0. The van der Waals surface area contributed by atoms with Crippen LogP contribution in [0.15, 0.2) is 23.3 Å². The Balaban J connectivity index is 1.68. The number of nitrogens with zero attached hydrogens (tertiary/aromatic N) is 3. The highest BCUT2D eigenvalue weighted by Crippen LogP contribution is 2.12. The number of hydrogen-bond acceptors (Lipinski definition) is 3. The van der Waals surface area contributed by atoms with E-state index in [4.69, 9.17) is 0 Å². The summed E-state index contributed by atoms with van der Waals surface area (Å²) in [5, 5.41) is 6.99. The van der Waals surface area contributed by atoms with Gasteiger partial charge in [0, 0.05) is 51.2 Å². The standard InChI is InChI=1S/C19H33N5/c1-15(2)14-24-11-8-18(9-12-24)23-19(20-4)21-10-7-17-6-5-16(3)22-13-17/h5-6,13,15,18H,7-12,14H2,1-4H3,(H2,20,21,23). The molecule has 2 N–H and O–H groups in total. The predicted octanol–water partition coefficient (Wildman–Crippen LogP) is 2.22. The van der Waals surface area contributed by atoms with Gasteiger partial charge in [-0.3, -0.25) is 9.98 Å². The molecule has 0 aromatic carbocycles. The molecule has 0 atom stereocenters. The van der Waals surface area contributed by atoms with Crippen LogP contribution in [0.25, 0.3) is 0 Å². The smallest absolute Gasteiger partial charge is 0.191 e. The molecule has 0 bridgehead atoms. The minimum Gasteiger partial charge on any atom is -0.356 e. The zero-order chi connectivity index (χ0) is 17.4. The van der Waals surface area contributed by atoms with Gasteiger partial charge in [0.15, 0.2) is 5.96 Å². The monoisotopic (exact) mass is 331 g/mol. The average molecular weight is 332 g/mol. The summed E-state index contributed by atoms with van der Waals surface area (Å²) in [7, 11) is 1.84. The zero-order valence-corrected chi connectivity index (χ0v) is 15.7. The van der Waals surface area contributed by atoms with Gasteiger partial charge in [-0.05, 0) is 43.7 Å². The van der Waals surface area contributed by atoms with Crippen LogP contribution < -0.4 is 10.6 Å². The molecule has 1 fully saturated rings. The highest BCUT2D eigenvalue weighted by Gasteiger charge is 2.20. The van der Waals surface area contributed by atoms with Crippen molar-refractivity contribution in [2.75, 3.05) is 33.2 Å². The summed E-state index contributed by atoms with van der Waals surface area (Å²) in [4.78, 5) is 11.3. The lowest BCUT2D eigenvalue weighted by Crippen LogP contribution is -2.49. The highest BCUT2D eigenvalue weighted by atomic mass is 15.2. The number of nitrogens with one attached hydrogen (secondary N) is 2. The molecule has 0 saturated carbocycles.